The van der Waals surface area contributed by atoms with Gasteiger partial charge < -0.3 is 5.32 Å². The molecule has 6 heteroatoms. The fourth-order valence-corrected chi connectivity index (χ4v) is 3.43. The molecule has 29 heavy (non-hydrogen) atoms. The van der Waals surface area contributed by atoms with Crippen LogP contribution in [0.25, 0.3) is 16.6 Å². The lowest BCUT2D eigenvalue weighted by atomic mass is 10.1. The van der Waals surface area contributed by atoms with Crippen molar-refractivity contribution in [2.75, 3.05) is 6.54 Å². The second-order valence-corrected chi connectivity index (χ2v) is 7.55. The first-order valence-corrected chi connectivity index (χ1v) is 9.89. The Labute approximate surface area is 169 Å². The van der Waals surface area contributed by atoms with Crippen molar-refractivity contribution in [3.63, 3.8) is 0 Å². The minimum atomic E-state index is -0.752. The predicted molar refractivity (Wildman–Crippen MR) is 116 cm³/mol. The Morgan fingerprint density at radius 3 is 2.41 bits per heavy atom. The van der Waals surface area contributed by atoms with Crippen LogP contribution in [0.4, 0.5) is 0 Å². The number of amides is 1. The Hall–Kier alpha value is -3.15. The van der Waals surface area contributed by atoms with Crippen LogP contribution >= 0.6 is 0 Å². The molecule has 6 nitrogen and oxygen atoms in total. The van der Waals surface area contributed by atoms with Crippen LogP contribution in [-0.2, 0) is 4.79 Å². The standard InChI is InChI=1S/C23H27N3O3/c1-6-11-24-21(27)17(5)25-20-10-7-14(2)12-19(20)22(28)26(23(25)29)18-9-8-15(3)16(4)13-18/h7-10,12-13,17H,6,11H2,1-5H3,(H,24,27)/t17-/m1/s1. The highest BCUT2D eigenvalue weighted by Crippen LogP contribution is 2.18. The van der Waals surface area contributed by atoms with Crippen LogP contribution in [0.5, 0.6) is 0 Å². The molecule has 0 spiro atoms. The summed E-state index contributed by atoms with van der Waals surface area (Å²) >= 11 is 0. The van der Waals surface area contributed by atoms with Gasteiger partial charge in [-0.15, -0.1) is 0 Å². The summed E-state index contributed by atoms with van der Waals surface area (Å²) in [5.74, 6) is -0.249. The zero-order valence-corrected chi connectivity index (χ0v) is 17.6. The van der Waals surface area contributed by atoms with Crippen LogP contribution in [-0.4, -0.2) is 21.6 Å². The molecule has 3 aromatic rings. The van der Waals surface area contributed by atoms with E-state index in [2.05, 4.69) is 5.32 Å². The fraction of sp³-hybridized carbons (Fsp3) is 0.348. The summed E-state index contributed by atoms with van der Waals surface area (Å²) in [6.07, 6.45) is 0.801. The summed E-state index contributed by atoms with van der Waals surface area (Å²) in [5.41, 5.74) is 3.04. The predicted octanol–water partition coefficient (Wildman–Crippen LogP) is 3.16. The van der Waals surface area contributed by atoms with Crippen molar-refractivity contribution in [3.05, 3.63) is 73.9 Å². The molecule has 0 saturated carbocycles. The van der Waals surface area contributed by atoms with Gasteiger partial charge in [0.25, 0.3) is 5.56 Å². The molecule has 3 rings (SSSR count). The molecule has 0 unspecified atom stereocenters. The first-order valence-electron chi connectivity index (χ1n) is 9.89. The number of nitrogens with one attached hydrogen (secondary N) is 1. The van der Waals surface area contributed by atoms with E-state index in [9.17, 15) is 14.4 Å². The Morgan fingerprint density at radius 2 is 1.76 bits per heavy atom. The van der Waals surface area contributed by atoms with Gasteiger partial charge in [-0.3, -0.25) is 14.2 Å². The quantitative estimate of drug-likeness (QED) is 0.724. The van der Waals surface area contributed by atoms with Crippen LogP contribution in [0.1, 0.15) is 43.0 Å². The van der Waals surface area contributed by atoms with E-state index in [0.717, 1.165) is 27.7 Å². The van der Waals surface area contributed by atoms with Gasteiger partial charge >= 0.3 is 5.69 Å². The molecule has 152 valence electrons. The van der Waals surface area contributed by atoms with Gasteiger partial charge in [-0.05, 0) is 69.5 Å². The number of hydrogen-bond acceptors (Lipinski definition) is 3. The number of fused-ring (bicyclic) bond motifs is 1. The second-order valence-electron chi connectivity index (χ2n) is 7.55. The highest BCUT2D eigenvalue weighted by molar-refractivity contribution is 5.84. The van der Waals surface area contributed by atoms with Crippen LogP contribution in [0, 0.1) is 20.8 Å². The van der Waals surface area contributed by atoms with E-state index in [1.54, 1.807) is 25.1 Å². The van der Waals surface area contributed by atoms with Gasteiger partial charge in [-0.2, -0.15) is 0 Å². The topological polar surface area (TPSA) is 73.1 Å². The third-order valence-electron chi connectivity index (χ3n) is 5.31. The molecule has 2 aromatic carbocycles. The van der Waals surface area contributed by atoms with Crippen LogP contribution in [0.2, 0.25) is 0 Å². The fourth-order valence-electron chi connectivity index (χ4n) is 3.43. The summed E-state index contributed by atoms with van der Waals surface area (Å²) in [6, 6.07) is 10.1. The van der Waals surface area contributed by atoms with E-state index >= 15 is 0 Å². The lowest BCUT2D eigenvalue weighted by Gasteiger charge is -2.20. The number of hydrogen-bond donors (Lipinski definition) is 1. The molecule has 0 saturated heterocycles. The van der Waals surface area contributed by atoms with Crippen molar-refractivity contribution in [3.8, 4) is 5.69 Å². The molecule has 0 fully saturated rings. The van der Waals surface area contributed by atoms with E-state index in [1.165, 1.54) is 4.57 Å². The minimum Gasteiger partial charge on any atom is -0.354 e. The molecule has 1 heterocycles. The van der Waals surface area contributed by atoms with Gasteiger partial charge in [0.1, 0.15) is 6.04 Å². The summed E-state index contributed by atoms with van der Waals surface area (Å²) in [7, 11) is 0. The normalized spacial score (nSPS) is 12.2. The Bertz CT molecular complexity index is 1200. The smallest absolute Gasteiger partial charge is 0.336 e. The molecule has 0 radical (unpaired) electrons. The van der Waals surface area contributed by atoms with Crippen molar-refractivity contribution in [1.82, 2.24) is 14.5 Å². The molecule has 0 aliphatic rings. The zero-order valence-electron chi connectivity index (χ0n) is 17.6. The highest BCUT2D eigenvalue weighted by Gasteiger charge is 2.22. The molecule has 1 amide bonds. The van der Waals surface area contributed by atoms with E-state index in [4.69, 9.17) is 0 Å². The number of rotatable bonds is 5. The second kappa shape index (κ2) is 8.07. The zero-order chi connectivity index (χ0) is 21.3. The summed E-state index contributed by atoms with van der Waals surface area (Å²) in [6.45, 7) is 9.99. The van der Waals surface area contributed by atoms with Gasteiger partial charge in [0.05, 0.1) is 16.6 Å². The van der Waals surface area contributed by atoms with E-state index in [1.807, 2.05) is 45.9 Å². The maximum Gasteiger partial charge on any atom is 0.336 e. The minimum absolute atomic E-state index is 0.249. The molecule has 0 bridgehead atoms. The third-order valence-corrected chi connectivity index (χ3v) is 5.31. The number of aromatic nitrogens is 2. The van der Waals surface area contributed by atoms with Gasteiger partial charge in [-0.1, -0.05) is 24.6 Å². The van der Waals surface area contributed by atoms with Crippen molar-refractivity contribution >= 4 is 16.8 Å². The van der Waals surface area contributed by atoms with Crippen molar-refractivity contribution < 1.29 is 4.79 Å². The first kappa shape index (κ1) is 20.6. The maximum atomic E-state index is 13.5. The first-order chi connectivity index (χ1) is 13.8. The number of aryl methyl sites for hydroxylation is 3. The molecule has 1 aromatic heterocycles. The van der Waals surface area contributed by atoms with Gasteiger partial charge in [-0.25, -0.2) is 9.36 Å². The maximum absolute atomic E-state index is 13.5. The number of benzene rings is 2. The molecule has 0 aliphatic heterocycles. The van der Waals surface area contributed by atoms with Gasteiger partial charge in [0.15, 0.2) is 0 Å². The van der Waals surface area contributed by atoms with Gasteiger partial charge in [0.2, 0.25) is 5.91 Å². The van der Waals surface area contributed by atoms with Crippen molar-refractivity contribution in [1.29, 1.82) is 0 Å². The monoisotopic (exact) mass is 393 g/mol. The van der Waals surface area contributed by atoms with Crippen LogP contribution in [0.3, 0.4) is 0 Å². The lowest BCUT2D eigenvalue weighted by Crippen LogP contribution is -2.43. The van der Waals surface area contributed by atoms with Crippen molar-refractivity contribution in [2.24, 2.45) is 0 Å². The van der Waals surface area contributed by atoms with Crippen molar-refractivity contribution in [2.45, 2.75) is 47.1 Å². The SMILES string of the molecule is CCCNC(=O)[C@@H](C)n1c(=O)n(-c2ccc(C)c(C)c2)c(=O)c2cc(C)ccc21. The number of carbonyl (C=O) groups is 1. The molecule has 1 atom stereocenters. The Kier molecular flexibility index (Phi) is 5.73. The van der Waals surface area contributed by atoms with Crippen LogP contribution < -0.4 is 16.6 Å². The summed E-state index contributed by atoms with van der Waals surface area (Å²) < 4.78 is 2.58. The molecule has 1 N–H and O–H groups in total. The van der Waals surface area contributed by atoms with Crippen LogP contribution in [0.15, 0.2) is 46.0 Å². The summed E-state index contributed by atoms with van der Waals surface area (Å²) in [5, 5.41) is 3.25. The average Bonchev–Trinajstić information content (AvgIpc) is 2.69. The van der Waals surface area contributed by atoms with E-state index < -0.39 is 11.7 Å². The van der Waals surface area contributed by atoms with E-state index in [-0.39, 0.29) is 11.5 Å². The Morgan fingerprint density at radius 1 is 1.03 bits per heavy atom. The summed E-state index contributed by atoms with van der Waals surface area (Å²) in [4.78, 5) is 39.4. The molecule has 0 aliphatic carbocycles. The van der Waals surface area contributed by atoms with Gasteiger partial charge in [0, 0.05) is 6.54 Å². The van der Waals surface area contributed by atoms with E-state index in [0.29, 0.717) is 23.1 Å². The highest BCUT2D eigenvalue weighted by atomic mass is 16.2. The average molecular weight is 393 g/mol. The molecular formula is C23H27N3O3. The molecular weight excluding hydrogens is 366 g/mol. The number of nitrogens with zero attached hydrogens (tertiary/aromatic N) is 2. The largest absolute Gasteiger partial charge is 0.354 e. The Balaban J connectivity index is 2.36. The number of carbonyl (C=O) groups excluding carboxylic acids is 1. The third kappa shape index (κ3) is 3.75. The lowest BCUT2D eigenvalue weighted by molar-refractivity contribution is -0.123.